The number of carbonyl (C=O) groups is 1. The second-order valence-electron chi connectivity index (χ2n) is 5.97. The number of sulfone groups is 1. The number of amides is 1. The summed E-state index contributed by atoms with van der Waals surface area (Å²) in [6.07, 6.45) is 1.57. The van der Waals surface area contributed by atoms with Gasteiger partial charge >= 0.3 is 0 Å². The maximum absolute atomic E-state index is 13.2. The number of rotatable bonds is 9. The van der Waals surface area contributed by atoms with Crippen molar-refractivity contribution in [2.24, 2.45) is 0 Å². The van der Waals surface area contributed by atoms with Crippen molar-refractivity contribution in [2.45, 2.75) is 16.7 Å². The Kier molecular flexibility index (Phi) is 7.06. The Balaban J connectivity index is 2.47. The minimum Gasteiger partial charge on any atom is -0.497 e. The number of benzene rings is 2. The van der Waals surface area contributed by atoms with Crippen LogP contribution in [0.1, 0.15) is 5.56 Å². The van der Waals surface area contributed by atoms with Gasteiger partial charge in [0.2, 0.25) is 15.7 Å². The molecular formula is C20H24N2O5S. The molecule has 0 saturated heterocycles. The van der Waals surface area contributed by atoms with Gasteiger partial charge in [0.25, 0.3) is 0 Å². The van der Waals surface area contributed by atoms with Crippen LogP contribution in [0.4, 0.5) is 5.69 Å². The van der Waals surface area contributed by atoms with Gasteiger partial charge in [-0.2, -0.15) is 0 Å². The number of nitrogens with one attached hydrogen (secondary N) is 2. The van der Waals surface area contributed by atoms with E-state index in [0.717, 1.165) is 5.56 Å². The van der Waals surface area contributed by atoms with Crippen molar-refractivity contribution in [3.63, 3.8) is 0 Å². The van der Waals surface area contributed by atoms with Crippen molar-refractivity contribution in [2.75, 3.05) is 32.6 Å². The summed E-state index contributed by atoms with van der Waals surface area (Å²) >= 11 is 0. The summed E-state index contributed by atoms with van der Waals surface area (Å²) < 4.78 is 37.0. The zero-order valence-corrected chi connectivity index (χ0v) is 16.9. The number of hydrogen-bond acceptors (Lipinski definition) is 6. The van der Waals surface area contributed by atoms with Gasteiger partial charge in [0, 0.05) is 18.7 Å². The van der Waals surface area contributed by atoms with Gasteiger partial charge in [0.05, 0.1) is 31.3 Å². The molecule has 0 radical (unpaired) electrons. The Morgan fingerprint density at radius 1 is 1.14 bits per heavy atom. The molecule has 150 valence electrons. The highest BCUT2D eigenvalue weighted by Crippen LogP contribution is 2.39. The standard InChI is InChI=1S/C20H24N2O5S/c1-5-10-21-19(23)13-22-17-11-15(26-3)12-18(20(17)27-4)28(24,25)16-8-6-14(2)7-9-16/h5-9,11-12,22H,1,10,13H2,2-4H3,(H,21,23). The van der Waals surface area contributed by atoms with Crippen LogP contribution in [-0.4, -0.2) is 41.6 Å². The largest absolute Gasteiger partial charge is 0.497 e. The first-order valence-electron chi connectivity index (χ1n) is 8.52. The van der Waals surface area contributed by atoms with Gasteiger partial charge in [-0.3, -0.25) is 4.79 Å². The van der Waals surface area contributed by atoms with E-state index >= 15 is 0 Å². The molecule has 0 saturated carbocycles. The molecule has 0 aromatic heterocycles. The average Bonchev–Trinajstić information content (AvgIpc) is 2.70. The fourth-order valence-electron chi connectivity index (χ4n) is 2.50. The number of ether oxygens (including phenoxy) is 2. The second-order valence-corrected chi connectivity index (χ2v) is 7.89. The lowest BCUT2D eigenvalue weighted by Gasteiger charge is -2.17. The summed E-state index contributed by atoms with van der Waals surface area (Å²) in [5.41, 5.74) is 1.28. The number of anilines is 1. The highest BCUT2D eigenvalue weighted by molar-refractivity contribution is 7.91. The van der Waals surface area contributed by atoms with Crippen molar-refractivity contribution >= 4 is 21.4 Å². The lowest BCUT2D eigenvalue weighted by atomic mass is 10.2. The van der Waals surface area contributed by atoms with E-state index in [-0.39, 0.29) is 28.0 Å². The molecule has 7 nitrogen and oxygen atoms in total. The predicted molar refractivity (Wildman–Crippen MR) is 108 cm³/mol. The maximum Gasteiger partial charge on any atom is 0.239 e. The molecule has 0 spiro atoms. The van der Waals surface area contributed by atoms with E-state index < -0.39 is 9.84 Å². The molecule has 0 aliphatic rings. The van der Waals surface area contributed by atoms with Crippen LogP contribution in [0.5, 0.6) is 11.5 Å². The Morgan fingerprint density at radius 3 is 2.39 bits per heavy atom. The number of hydrogen-bond donors (Lipinski definition) is 2. The summed E-state index contributed by atoms with van der Waals surface area (Å²) in [6, 6.07) is 9.51. The Hall–Kier alpha value is -3.00. The minimum absolute atomic E-state index is 0.0489. The van der Waals surface area contributed by atoms with Crippen LogP contribution in [0.3, 0.4) is 0 Å². The van der Waals surface area contributed by atoms with Crippen LogP contribution in [0.2, 0.25) is 0 Å². The fraction of sp³-hybridized carbons (Fsp3) is 0.250. The quantitative estimate of drug-likeness (QED) is 0.624. The van der Waals surface area contributed by atoms with E-state index in [0.29, 0.717) is 18.0 Å². The molecule has 0 fully saturated rings. The van der Waals surface area contributed by atoms with Crippen LogP contribution in [0.15, 0.2) is 58.8 Å². The highest BCUT2D eigenvalue weighted by Gasteiger charge is 2.26. The Bertz CT molecular complexity index is 953. The van der Waals surface area contributed by atoms with E-state index in [2.05, 4.69) is 17.2 Å². The third kappa shape index (κ3) is 4.83. The van der Waals surface area contributed by atoms with Crippen molar-refractivity contribution in [1.82, 2.24) is 5.32 Å². The van der Waals surface area contributed by atoms with Gasteiger partial charge in [-0.25, -0.2) is 8.42 Å². The molecule has 2 aromatic carbocycles. The van der Waals surface area contributed by atoms with Crippen LogP contribution < -0.4 is 20.1 Å². The van der Waals surface area contributed by atoms with Gasteiger partial charge in [-0.05, 0) is 19.1 Å². The zero-order chi connectivity index (χ0) is 20.7. The van der Waals surface area contributed by atoms with Gasteiger partial charge in [0.1, 0.15) is 10.6 Å². The van der Waals surface area contributed by atoms with E-state index in [1.54, 1.807) is 36.4 Å². The maximum atomic E-state index is 13.2. The van der Waals surface area contributed by atoms with Gasteiger partial charge < -0.3 is 20.1 Å². The molecule has 28 heavy (non-hydrogen) atoms. The van der Waals surface area contributed by atoms with Crippen molar-refractivity contribution in [3.8, 4) is 11.5 Å². The van der Waals surface area contributed by atoms with Gasteiger partial charge in [0.15, 0.2) is 5.75 Å². The predicted octanol–water partition coefficient (Wildman–Crippen LogP) is 2.56. The van der Waals surface area contributed by atoms with E-state index in [9.17, 15) is 13.2 Å². The normalized spacial score (nSPS) is 10.8. The first-order valence-corrected chi connectivity index (χ1v) is 10.0. The Morgan fingerprint density at radius 2 is 1.82 bits per heavy atom. The van der Waals surface area contributed by atoms with Gasteiger partial charge in [-0.1, -0.05) is 23.8 Å². The first-order chi connectivity index (χ1) is 13.3. The molecular weight excluding hydrogens is 380 g/mol. The third-order valence-electron chi connectivity index (χ3n) is 3.97. The molecule has 0 bridgehead atoms. The SMILES string of the molecule is C=CCNC(=O)CNc1cc(OC)cc(S(=O)(=O)c2ccc(C)cc2)c1OC. The lowest BCUT2D eigenvalue weighted by molar-refractivity contribution is -0.119. The van der Waals surface area contributed by atoms with Gasteiger partial charge in [-0.15, -0.1) is 6.58 Å². The molecule has 2 rings (SSSR count). The van der Waals surface area contributed by atoms with E-state index in [1.165, 1.54) is 20.3 Å². The highest BCUT2D eigenvalue weighted by atomic mass is 32.2. The zero-order valence-electron chi connectivity index (χ0n) is 16.1. The summed E-state index contributed by atoms with van der Waals surface area (Å²) in [5.74, 6) is 0.158. The summed E-state index contributed by atoms with van der Waals surface area (Å²) in [4.78, 5) is 11.9. The fourth-order valence-corrected chi connectivity index (χ4v) is 3.96. The van der Waals surface area contributed by atoms with Crippen LogP contribution >= 0.6 is 0 Å². The first kappa shape index (κ1) is 21.3. The lowest BCUT2D eigenvalue weighted by Crippen LogP contribution is -2.29. The topological polar surface area (TPSA) is 93.7 Å². The van der Waals surface area contributed by atoms with E-state index in [1.807, 2.05) is 6.92 Å². The molecule has 2 N–H and O–H groups in total. The second kappa shape index (κ2) is 9.27. The summed E-state index contributed by atoms with van der Waals surface area (Å²) in [7, 11) is -1.06. The molecule has 0 unspecified atom stereocenters. The number of aryl methyl sites for hydroxylation is 1. The molecule has 2 aromatic rings. The monoisotopic (exact) mass is 404 g/mol. The molecule has 0 heterocycles. The molecule has 0 atom stereocenters. The summed E-state index contributed by atoms with van der Waals surface area (Å²) in [5, 5.41) is 5.54. The van der Waals surface area contributed by atoms with E-state index in [4.69, 9.17) is 9.47 Å². The molecule has 8 heteroatoms. The van der Waals surface area contributed by atoms with Crippen LogP contribution in [-0.2, 0) is 14.6 Å². The van der Waals surface area contributed by atoms with Crippen LogP contribution in [0.25, 0.3) is 0 Å². The Labute approximate surface area is 165 Å². The third-order valence-corrected chi connectivity index (χ3v) is 5.75. The van der Waals surface area contributed by atoms with Crippen molar-refractivity contribution in [3.05, 3.63) is 54.6 Å². The van der Waals surface area contributed by atoms with Crippen LogP contribution in [0, 0.1) is 6.92 Å². The van der Waals surface area contributed by atoms with Crippen molar-refractivity contribution in [1.29, 1.82) is 0 Å². The molecule has 0 aliphatic heterocycles. The molecule has 0 aliphatic carbocycles. The minimum atomic E-state index is -3.87. The molecule has 1 amide bonds. The number of carbonyl (C=O) groups excluding carboxylic acids is 1. The number of methoxy groups -OCH3 is 2. The smallest absolute Gasteiger partial charge is 0.239 e. The summed E-state index contributed by atoms with van der Waals surface area (Å²) in [6.45, 7) is 5.68. The van der Waals surface area contributed by atoms with Crippen molar-refractivity contribution < 1.29 is 22.7 Å². The average molecular weight is 404 g/mol.